The number of nitrogens with zero attached hydrogens (tertiary/aromatic N) is 2. The molecule has 32 heavy (non-hydrogen) atoms. The van der Waals surface area contributed by atoms with Gasteiger partial charge in [-0.05, 0) is 55.0 Å². The number of anilines is 1. The average Bonchev–Trinajstić information content (AvgIpc) is 3.45. The van der Waals surface area contributed by atoms with Crippen LogP contribution in [0.1, 0.15) is 50.2 Å². The highest BCUT2D eigenvalue weighted by Gasteiger charge is 2.21. The molecule has 2 aromatic heterocycles. The maximum atomic E-state index is 12.5. The standard InChI is InChI=1S/C23H25N5O3S/c1-15-5-6-19-17(11-15)13-20(32-19)23(31)27-26-22(30)16-3-2-4-18(12-16)25-21(29)7-9-28-10-8-24-14-28/h2-4,8,10,12-15H,5-7,9,11H2,1H3,(H,25,29)(H,26,30)(H,27,31). The Morgan fingerprint density at radius 3 is 2.84 bits per heavy atom. The molecule has 166 valence electrons. The summed E-state index contributed by atoms with van der Waals surface area (Å²) in [5.41, 5.74) is 7.03. The fourth-order valence-corrected chi connectivity index (χ4v) is 4.78. The fraction of sp³-hybridized carbons (Fsp3) is 0.304. The molecule has 0 bridgehead atoms. The third-order valence-corrected chi connectivity index (χ3v) is 6.64. The van der Waals surface area contributed by atoms with Gasteiger partial charge in [0.2, 0.25) is 5.91 Å². The van der Waals surface area contributed by atoms with Crippen LogP contribution in [0.2, 0.25) is 0 Å². The molecule has 0 spiro atoms. The van der Waals surface area contributed by atoms with Gasteiger partial charge in [0.25, 0.3) is 11.8 Å². The molecule has 1 aliphatic rings. The van der Waals surface area contributed by atoms with Crippen LogP contribution in [0.15, 0.2) is 49.1 Å². The van der Waals surface area contributed by atoms with E-state index in [0.29, 0.717) is 28.6 Å². The maximum Gasteiger partial charge on any atom is 0.279 e. The van der Waals surface area contributed by atoms with Crippen LogP contribution in [0, 0.1) is 5.92 Å². The molecule has 0 fully saturated rings. The number of rotatable bonds is 6. The van der Waals surface area contributed by atoms with E-state index in [-0.39, 0.29) is 18.2 Å². The smallest absolute Gasteiger partial charge is 0.279 e. The third-order valence-electron chi connectivity index (χ3n) is 5.41. The first-order valence-electron chi connectivity index (χ1n) is 10.6. The van der Waals surface area contributed by atoms with Crippen LogP contribution in [-0.4, -0.2) is 27.3 Å². The molecule has 0 aliphatic heterocycles. The number of carbonyl (C=O) groups is 3. The van der Waals surface area contributed by atoms with Gasteiger partial charge in [0, 0.05) is 41.5 Å². The lowest BCUT2D eigenvalue weighted by molar-refractivity contribution is -0.116. The van der Waals surface area contributed by atoms with E-state index >= 15 is 0 Å². The Morgan fingerprint density at radius 1 is 1.19 bits per heavy atom. The van der Waals surface area contributed by atoms with Gasteiger partial charge in [-0.2, -0.15) is 0 Å². The zero-order valence-electron chi connectivity index (χ0n) is 17.8. The first kappa shape index (κ1) is 21.8. The monoisotopic (exact) mass is 451 g/mol. The van der Waals surface area contributed by atoms with Crippen LogP contribution in [0.5, 0.6) is 0 Å². The summed E-state index contributed by atoms with van der Waals surface area (Å²) in [4.78, 5) is 42.9. The maximum absolute atomic E-state index is 12.5. The van der Waals surface area contributed by atoms with Crippen molar-refractivity contribution >= 4 is 34.7 Å². The summed E-state index contributed by atoms with van der Waals surface area (Å²) >= 11 is 1.49. The Labute approximate surface area is 190 Å². The third kappa shape index (κ3) is 5.42. The Morgan fingerprint density at radius 2 is 2.03 bits per heavy atom. The lowest BCUT2D eigenvalue weighted by atomic mass is 9.90. The van der Waals surface area contributed by atoms with Gasteiger partial charge in [0.05, 0.1) is 11.2 Å². The number of amides is 3. The van der Waals surface area contributed by atoms with E-state index in [0.717, 1.165) is 19.3 Å². The SMILES string of the molecule is CC1CCc2sc(C(=O)NNC(=O)c3cccc(NC(=O)CCn4ccnc4)c3)cc2C1. The van der Waals surface area contributed by atoms with E-state index in [1.165, 1.54) is 21.8 Å². The molecule has 1 atom stereocenters. The van der Waals surface area contributed by atoms with E-state index in [4.69, 9.17) is 0 Å². The van der Waals surface area contributed by atoms with Gasteiger partial charge in [0.15, 0.2) is 0 Å². The van der Waals surface area contributed by atoms with Crippen molar-refractivity contribution in [2.24, 2.45) is 5.92 Å². The molecule has 9 heteroatoms. The number of aromatic nitrogens is 2. The number of hydrazine groups is 1. The molecule has 4 rings (SSSR count). The number of carbonyl (C=O) groups excluding carboxylic acids is 3. The summed E-state index contributed by atoms with van der Waals surface area (Å²) in [7, 11) is 0. The normalized spacial score (nSPS) is 15.0. The topological polar surface area (TPSA) is 105 Å². The molecule has 0 saturated heterocycles. The van der Waals surface area contributed by atoms with Gasteiger partial charge in [-0.25, -0.2) is 4.98 Å². The minimum Gasteiger partial charge on any atom is -0.337 e. The second kappa shape index (κ2) is 9.78. The van der Waals surface area contributed by atoms with Gasteiger partial charge in [-0.1, -0.05) is 13.0 Å². The van der Waals surface area contributed by atoms with Crippen LogP contribution < -0.4 is 16.2 Å². The highest BCUT2D eigenvalue weighted by molar-refractivity contribution is 7.14. The fourth-order valence-electron chi connectivity index (χ4n) is 3.68. The van der Waals surface area contributed by atoms with Crippen molar-refractivity contribution in [1.29, 1.82) is 0 Å². The first-order valence-corrected chi connectivity index (χ1v) is 11.4. The van der Waals surface area contributed by atoms with Crippen molar-refractivity contribution in [1.82, 2.24) is 20.4 Å². The molecule has 8 nitrogen and oxygen atoms in total. The molecule has 3 aromatic rings. The van der Waals surface area contributed by atoms with Gasteiger partial charge in [-0.15, -0.1) is 11.3 Å². The number of benzene rings is 1. The largest absolute Gasteiger partial charge is 0.337 e. The number of aryl methyl sites for hydroxylation is 2. The predicted molar refractivity (Wildman–Crippen MR) is 122 cm³/mol. The van der Waals surface area contributed by atoms with Gasteiger partial charge < -0.3 is 9.88 Å². The van der Waals surface area contributed by atoms with Crippen LogP contribution in [0.3, 0.4) is 0 Å². The van der Waals surface area contributed by atoms with Crippen molar-refractivity contribution in [2.75, 3.05) is 5.32 Å². The summed E-state index contributed by atoms with van der Waals surface area (Å²) in [6.45, 7) is 2.74. The molecule has 0 saturated carbocycles. The summed E-state index contributed by atoms with van der Waals surface area (Å²) in [6.07, 6.45) is 8.52. The summed E-state index contributed by atoms with van der Waals surface area (Å²) in [6, 6.07) is 8.51. The molecular weight excluding hydrogens is 426 g/mol. The van der Waals surface area contributed by atoms with Gasteiger partial charge in [-0.3, -0.25) is 25.2 Å². The molecule has 3 N–H and O–H groups in total. The number of fused-ring (bicyclic) bond motifs is 1. The van der Waals surface area contributed by atoms with E-state index in [1.54, 1.807) is 43.0 Å². The zero-order chi connectivity index (χ0) is 22.5. The minimum atomic E-state index is -0.456. The summed E-state index contributed by atoms with van der Waals surface area (Å²) < 4.78 is 1.82. The van der Waals surface area contributed by atoms with Crippen LogP contribution in [0.4, 0.5) is 5.69 Å². The van der Waals surface area contributed by atoms with Crippen LogP contribution >= 0.6 is 11.3 Å². The quantitative estimate of drug-likeness (QED) is 0.501. The lowest BCUT2D eigenvalue weighted by Gasteiger charge is -2.16. The number of imidazole rings is 1. The summed E-state index contributed by atoms with van der Waals surface area (Å²) in [5.74, 6) is -0.316. The molecule has 0 radical (unpaired) electrons. The molecule has 3 amide bonds. The second-order valence-electron chi connectivity index (χ2n) is 7.99. The van der Waals surface area contributed by atoms with Crippen molar-refractivity contribution in [2.45, 2.75) is 39.2 Å². The van der Waals surface area contributed by atoms with E-state index in [2.05, 4.69) is 28.1 Å². The Balaban J connectivity index is 1.29. The van der Waals surface area contributed by atoms with Gasteiger partial charge >= 0.3 is 0 Å². The van der Waals surface area contributed by atoms with E-state index in [1.807, 2.05) is 10.6 Å². The number of hydrogen-bond donors (Lipinski definition) is 3. The Kier molecular flexibility index (Phi) is 6.65. The number of thiophene rings is 1. The van der Waals surface area contributed by atoms with Gasteiger partial charge in [0.1, 0.15) is 0 Å². The molecule has 1 unspecified atom stereocenters. The first-order chi connectivity index (χ1) is 15.5. The summed E-state index contributed by atoms with van der Waals surface area (Å²) in [5, 5.41) is 2.78. The van der Waals surface area contributed by atoms with E-state index in [9.17, 15) is 14.4 Å². The van der Waals surface area contributed by atoms with Crippen molar-refractivity contribution in [3.8, 4) is 0 Å². The lowest BCUT2D eigenvalue weighted by Crippen LogP contribution is -2.41. The predicted octanol–water partition coefficient (Wildman–Crippen LogP) is 3.17. The van der Waals surface area contributed by atoms with Crippen molar-refractivity contribution in [3.05, 3.63) is 69.9 Å². The van der Waals surface area contributed by atoms with Crippen molar-refractivity contribution < 1.29 is 14.4 Å². The second-order valence-corrected chi connectivity index (χ2v) is 9.13. The molecular formula is C23H25N5O3S. The molecule has 1 aliphatic carbocycles. The Hall–Kier alpha value is -3.46. The Bertz CT molecular complexity index is 1120. The minimum absolute atomic E-state index is 0.166. The van der Waals surface area contributed by atoms with Crippen LogP contribution in [0.25, 0.3) is 0 Å². The highest BCUT2D eigenvalue weighted by atomic mass is 32.1. The average molecular weight is 452 g/mol. The van der Waals surface area contributed by atoms with E-state index < -0.39 is 5.91 Å². The number of hydrogen-bond acceptors (Lipinski definition) is 5. The molecule has 2 heterocycles. The van der Waals surface area contributed by atoms with Crippen LogP contribution in [-0.2, 0) is 24.2 Å². The van der Waals surface area contributed by atoms with Crippen molar-refractivity contribution in [3.63, 3.8) is 0 Å². The highest BCUT2D eigenvalue weighted by Crippen LogP contribution is 2.32. The molecule has 1 aromatic carbocycles. The zero-order valence-corrected chi connectivity index (χ0v) is 18.6. The number of nitrogens with one attached hydrogen (secondary N) is 3.